The molecule has 32 heavy (non-hydrogen) atoms. The first kappa shape index (κ1) is 22.3. The highest BCUT2D eigenvalue weighted by Crippen LogP contribution is 2.28. The van der Waals surface area contributed by atoms with Gasteiger partial charge in [0.15, 0.2) is 0 Å². The lowest BCUT2D eigenvalue weighted by Crippen LogP contribution is -2.30. The first-order valence-electron chi connectivity index (χ1n) is 10.1. The van der Waals surface area contributed by atoms with E-state index >= 15 is 0 Å². The monoisotopic (exact) mass is 473 g/mol. The SMILES string of the molecule is COc1cccc(Oc2ccc(CNC(=O)c3sccc3S(=O)(=O)N3CCCC3)cn2)c1. The fourth-order valence-corrected chi connectivity index (χ4v) is 6.19. The number of ether oxygens (including phenoxy) is 2. The molecule has 0 aliphatic carbocycles. The minimum absolute atomic E-state index is 0.0714. The Balaban J connectivity index is 1.38. The van der Waals surface area contributed by atoms with Crippen LogP contribution in [0.5, 0.6) is 17.4 Å². The van der Waals surface area contributed by atoms with Gasteiger partial charge in [-0.05, 0) is 42.0 Å². The van der Waals surface area contributed by atoms with E-state index in [1.165, 1.54) is 10.4 Å². The molecule has 1 aliphatic rings. The van der Waals surface area contributed by atoms with Crippen molar-refractivity contribution in [1.29, 1.82) is 0 Å². The van der Waals surface area contributed by atoms with E-state index in [-0.39, 0.29) is 16.3 Å². The maximum absolute atomic E-state index is 12.8. The first-order valence-corrected chi connectivity index (χ1v) is 12.4. The van der Waals surface area contributed by atoms with Crippen molar-refractivity contribution in [3.8, 4) is 17.4 Å². The van der Waals surface area contributed by atoms with Gasteiger partial charge in [0.05, 0.1) is 7.11 Å². The predicted octanol–water partition coefficient (Wildman–Crippen LogP) is 3.66. The van der Waals surface area contributed by atoms with Crippen molar-refractivity contribution < 1.29 is 22.7 Å². The molecule has 1 aliphatic heterocycles. The summed E-state index contributed by atoms with van der Waals surface area (Å²) in [4.78, 5) is 17.2. The Morgan fingerprint density at radius 3 is 2.66 bits per heavy atom. The van der Waals surface area contributed by atoms with Crippen molar-refractivity contribution in [2.24, 2.45) is 0 Å². The second-order valence-corrected chi connectivity index (χ2v) is 10.0. The maximum atomic E-state index is 12.8. The van der Waals surface area contributed by atoms with Crippen molar-refractivity contribution in [2.75, 3.05) is 20.2 Å². The van der Waals surface area contributed by atoms with E-state index in [9.17, 15) is 13.2 Å². The van der Waals surface area contributed by atoms with Gasteiger partial charge in [-0.1, -0.05) is 12.1 Å². The third-order valence-corrected chi connectivity index (χ3v) is 8.02. The molecule has 2 aromatic heterocycles. The number of hydrogen-bond acceptors (Lipinski definition) is 7. The van der Waals surface area contributed by atoms with Crippen molar-refractivity contribution in [3.63, 3.8) is 0 Å². The molecule has 3 heterocycles. The molecule has 0 bridgehead atoms. The fourth-order valence-electron chi connectivity index (χ4n) is 3.36. The number of carbonyl (C=O) groups is 1. The molecule has 1 aromatic carbocycles. The third-order valence-electron chi connectivity index (χ3n) is 5.03. The van der Waals surface area contributed by atoms with Crippen LogP contribution in [0.1, 0.15) is 28.1 Å². The van der Waals surface area contributed by atoms with Gasteiger partial charge in [-0.25, -0.2) is 13.4 Å². The molecule has 3 aromatic rings. The summed E-state index contributed by atoms with van der Waals surface area (Å²) in [6, 6.07) is 12.2. The summed E-state index contributed by atoms with van der Waals surface area (Å²) in [5, 5.41) is 4.41. The smallest absolute Gasteiger partial charge is 0.263 e. The zero-order valence-corrected chi connectivity index (χ0v) is 19.1. The van der Waals surface area contributed by atoms with Gasteiger partial charge < -0.3 is 14.8 Å². The summed E-state index contributed by atoms with van der Waals surface area (Å²) in [6.45, 7) is 1.20. The summed E-state index contributed by atoms with van der Waals surface area (Å²) in [7, 11) is -2.06. The van der Waals surface area contributed by atoms with Gasteiger partial charge in [0.1, 0.15) is 21.3 Å². The van der Waals surface area contributed by atoms with Crippen LogP contribution in [0.25, 0.3) is 0 Å². The van der Waals surface area contributed by atoms with Gasteiger partial charge in [0.2, 0.25) is 15.9 Å². The van der Waals surface area contributed by atoms with Crippen LogP contribution in [0.3, 0.4) is 0 Å². The Hall–Kier alpha value is -2.95. The van der Waals surface area contributed by atoms with Crippen LogP contribution >= 0.6 is 11.3 Å². The van der Waals surface area contributed by atoms with E-state index in [0.717, 1.165) is 29.7 Å². The molecular weight excluding hydrogens is 450 g/mol. The summed E-state index contributed by atoms with van der Waals surface area (Å²) in [5.74, 6) is 1.27. The number of nitrogens with zero attached hydrogens (tertiary/aromatic N) is 2. The summed E-state index contributed by atoms with van der Waals surface area (Å²) >= 11 is 1.12. The zero-order chi connectivity index (χ0) is 22.6. The molecule has 1 amide bonds. The quantitative estimate of drug-likeness (QED) is 0.536. The average molecular weight is 474 g/mol. The number of pyridine rings is 1. The lowest BCUT2D eigenvalue weighted by Gasteiger charge is -2.15. The number of sulfonamides is 1. The minimum Gasteiger partial charge on any atom is -0.497 e. The second-order valence-electron chi connectivity index (χ2n) is 7.19. The van der Waals surface area contributed by atoms with Crippen LogP contribution in [-0.2, 0) is 16.6 Å². The number of carbonyl (C=O) groups excluding carboxylic acids is 1. The largest absolute Gasteiger partial charge is 0.497 e. The van der Waals surface area contributed by atoms with Gasteiger partial charge >= 0.3 is 0 Å². The van der Waals surface area contributed by atoms with Crippen molar-refractivity contribution in [3.05, 3.63) is 64.5 Å². The number of hydrogen-bond donors (Lipinski definition) is 1. The lowest BCUT2D eigenvalue weighted by molar-refractivity contribution is 0.0952. The first-order chi connectivity index (χ1) is 15.5. The predicted molar refractivity (Wildman–Crippen MR) is 121 cm³/mol. The minimum atomic E-state index is -3.65. The van der Waals surface area contributed by atoms with Crippen molar-refractivity contribution in [2.45, 2.75) is 24.3 Å². The molecule has 0 atom stereocenters. The molecule has 1 saturated heterocycles. The number of rotatable bonds is 8. The van der Waals surface area contributed by atoms with Gasteiger partial charge in [-0.3, -0.25) is 4.79 Å². The second kappa shape index (κ2) is 9.68. The van der Waals surface area contributed by atoms with Crippen LogP contribution < -0.4 is 14.8 Å². The molecule has 4 rings (SSSR count). The molecular formula is C22H23N3O5S2. The number of aromatic nitrogens is 1. The van der Waals surface area contributed by atoms with Crippen LogP contribution in [0, 0.1) is 0 Å². The number of methoxy groups -OCH3 is 1. The van der Waals surface area contributed by atoms with Gasteiger partial charge in [0, 0.05) is 38.0 Å². The summed E-state index contributed by atoms with van der Waals surface area (Å²) < 4.78 is 38.0. The molecule has 1 N–H and O–H groups in total. The van der Waals surface area contributed by atoms with Crippen molar-refractivity contribution in [1.82, 2.24) is 14.6 Å². The summed E-state index contributed by atoms with van der Waals surface area (Å²) in [5.41, 5.74) is 0.761. The highest BCUT2D eigenvalue weighted by molar-refractivity contribution is 7.89. The third kappa shape index (κ3) is 4.93. The fraction of sp³-hybridized carbons (Fsp3) is 0.273. The van der Waals surface area contributed by atoms with E-state index in [1.807, 2.05) is 12.1 Å². The van der Waals surface area contributed by atoms with E-state index < -0.39 is 15.9 Å². The Morgan fingerprint density at radius 2 is 1.94 bits per heavy atom. The van der Waals surface area contributed by atoms with Crippen LogP contribution in [-0.4, -0.2) is 43.8 Å². The Labute approximate surface area is 190 Å². The highest BCUT2D eigenvalue weighted by Gasteiger charge is 2.31. The van der Waals surface area contributed by atoms with Crippen LogP contribution in [0.15, 0.2) is 58.9 Å². The Kier molecular flexibility index (Phi) is 6.73. The Morgan fingerprint density at radius 1 is 1.16 bits per heavy atom. The standard InChI is InChI=1S/C22H23N3O5S2/c1-29-17-5-4-6-18(13-17)30-20-8-7-16(14-23-20)15-24-22(26)21-19(9-12-31-21)32(27,28)25-10-2-3-11-25/h4-9,12-14H,2-3,10-11,15H2,1H3,(H,24,26). The average Bonchev–Trinajstić information content (AvgIpc) is 3.51. The zero-order valence-electron chi connectivity index (χ0n) is 17.5. The molecule has 168 valence electrons. The highest BCUT2D eigenvalue weighted by atomic mass is 32.2. The van der Waals surface area contributed by atoms with Crippen LogP contribution in [0.2, 0.25) is 0 Å². The number of thiophene rings is 1. The molecule has 8 nitrogen and oxygen atoms in total. The molecule has 0 spiro atoms. The van der Waals surface area contributed by atoms with Gasteiger partial charge in [-0.15, -0.1) is 11.3 Å². The number of benzene rings is 1. The van der Waals surface area contributed by atoms with E-state index in [0.29, 0.717) is 30.5 Å². The van der Waals surface area contributed by atoms with Gasteiger partial charge in [-0.2, -0.15) is 4.31 Å². The number of nitrogens with one attached hydrogen (secondary N) is 1. The number of amides is 1. The summed E-state index contributed by atoms with van der Waals surface area (Å²) in [6.07, 6.45) is 3.29. The molecule has 1 fully saturated rings. The van der Waals surface area contributed by atoms with E-state index in [4.69, 9.17) is 9.47 Å². The van der Waals surface area contributed by atoms with Gasteiger partial charge in [0.25, 0.3) is 5.91 Å². The lowest BCUT2D eigenvalue weighted by atomic mass is 10.3. The van der Waals surface area contributed by atoms with Crippen molar-refractivity contribution >= 4 is 27.3 Å². The van der Waals surface area contributed by atoms with E-state index in [2.05, 4.69) is 10.3 Å². The molecule has 0 radical (unpaired) electrons. The molecule has 0 saturated carbocycles. The molecule has 0 unspecified atom stereocenters. The normalized spacial score (nSPS) is 14.3. The van der Waals surface area contributed by atoms with E-state index in [1.54, 1.807) is 43.0 Å². The maximum Gasteiger partial charge on any atom is 0.263 e. The van der Waals surface area contributed by atoms with Crippen LogP contribution in [0.4, 0.5) is 0 Å². The Bertz CT molecular complexity index is 1190. The molecule has 10 heteroatoms. The topological polar surface area (TPSA) is 97.8 Å².